The quantitative estimate of drug-likeness (QED) is 0.387. The van der Waals surface area contributed by atoms with Crippen molar-refractivity contribution >= 4 is 28.0 Å². The van der Waals surface area contributed by atoms with Crippen LogP contribution >= 0.6 is 11.3 Å². The van der Waals surface area contributed by atoms with E-state index in [-0.39, 0.29) is 22.8 Å². The van der Waals surface area contributed by atoms with Gasteiger partial charge in [-0.1, -0.05) is 24.3 Å². The predicted molar refractivity (Wildman–Crippen MR) is 138 cm³/mol. The number of carbonyl (C=O) groups excluding carboxylic acids is 1. The molecule has 1 amide bonds. The van der Waals surface area contributed by atoms with Gasteiger partial charge in [0, 0.05) is 50.7 Å². The molecule has 8 nitrogen and oxygen atoms in total. The molecule has 1 fully saturated rings. The van der Waals surface area contributed by atoms with Crippen molar-refractivity contribution < 1.29 is 18.0 Å². The van der Waals surface area contributed by atoms with Gasteiger partial charge in [0.25, 0.3) is 5.91 Å². The van der Waals surface area contributed by atoms with E-state index in [1.807, 2.05) is 4.90 Å². The first-order valence-electron chi connectivity index (χ1n) is 12.0. The number of anilines is 1. The van der Waals surface area contributed by atoms with Gasteiger partial charge in [-0.2, -0.15) is 13.2 Å². The average Bonchev–Trinajstić information content (AvgIpc) is 3.54. The number of piperazine rings is 1. The number of amides is 1. The lowest BCUT2D eigenvalue weighted by atomic mass is 10.0. The fraction of sp³-hybridized carbons (Fsp3) is 0.308. The fourth-order valence-corrected chi connectivity index (χ4v) is 4.91. The summed E-state index contributed by atoms with van der Waals surface area (Å²) in [5.74, 6) is 5.31. The molecular weight excluding hydrogens is 515 g/mol. The minimum absolute atomic E-state index is 0.0842. The molecule has 1 saturated heterocycles. The fourth-order valence-electron chi connectivity index (χ4n) is 4.24. The maximum Gasteiger partial charge on any atom is 0.416 e. The first kappa shape index (κ1) is 25.8. The summed E-state index contributed by atoms with van der Waals surface area (Å²) in [6, 6.07) is 3.74. The number of hydrogen-bond acceptors (Lipinski definition) is 7. The summed E-state index contributed by atoms with van der Waals surface area (Å²) in [6.45, 7) is 6.25. The Kier molecular flexibility index (Phi) is 7.42. The molecule has 38 heavy (non-hydrogen) atoms. The van der Waals surface area contributed by atoms with Gasteiger partial charge < -0.3 is 4.90 Å². The standard InChI is InChI=1S/C26H24F3N7OS/c1-2-34-9-11-35(12-10-34)17-19-4-3-18(13-22(19)26(27,28)29)24(37)33-25-32-15-21(38-25)6-5-20-14-31-23-16-30-7-8-36(20)23/h3-4,7-8,13-16H,2,9-12,17H2,1H3,(H,32,33,37). The highest BCUT2D eigenvalue weighted by Gasteiger charge is 2.34. The van der Waals surface area contributed by atoms with E-state index < -0.39 is 17.6 Å². The van der Waals surface area contributed by atoms with E-state index >= 15 is 0 Å². The number of hydrogen-bond donors (Lipinski definition) is 1. The summed E-state index contributed by atoms with van der Waals surface area (Å²) in [6.07, 6.45) is 3.55. The average molecular weight is 540 g/mol. The van der Waals surface area contributed by atoms with Gasteiger partial charge in [0.15, 0.2) is 10.8 Å². The number of alkyl halides is 3. The molecule has 12 heteroatoms. The number of benzene rings is 1. The van der Waals surface area contributed by atoms with Gasteiger partial charge in [-0.05, 0) is 36.1 Å². The number of imidazole rings is 1. The van der Waals surface area contributed by atoms with E-state index in [0.717, 1.165) is 37.0 Å². The predicted octanol–water partition coefficient (Wildman–Crippen LogP) is 3.99. The Morgan fingerprint density at radius 1 is 1.08 bits per heavy atom. The van der Waals surface area contributed by atoms with Crippen molar-refractivity contribution in [2.45, 2.75) is 19.6 Å². The molecule has 0 aliphatic carbocycles. The van der Waals surface area contributed by atoms with E-state index in [9.17, 15) is 18.0 Å². The first-order valence-corrected chi connectivity index (χ1v) is 12.8. The van der Waals surface area contributed by atoms with Crippen molar-refractivity contribution in [2.75, 3.05) is 38.0 Å². The van der Waals surface area contributed by atoms with Gasteiger partial charge in [-0.25, -0.2) is 9.97 Å². The number of rotatable bonds is 5. The van der Waals surface area contributed by atoms with Crippen molar-refractivity contribution in [2.24, 2.45) is 0 Å². The molecule has 0 spiro atoms. The number of nitrogens with zero attached hydrogens (tertiary/aromatic N) is 6. The molecule has 196 valence electrons. The normalized spacial score (nSPS) is 14.8. The topological polar surface area (TPSA) is 78.7 Å². The number of likely N-dealkylation sites (N-methyl/N-ethyl adjacent to an activating group) is 1. The van der Waals surface area contributed by atoms with Crippen molar-refractivity contribution in [1.82, 2.24) is 29.2 Å². The van der Waals surface area contributed by atoms with Gasteiger partial charge in [0.2, 0.25) is 0 Å². The van der Waals surface area contributed by atoms with Gasteiger partial charge in [-0.15, -0.1) is 0 Å². The lowest BCUT2D eigenvalue weighted by Crippen LogP contribution is -2.45. The third-order valence-electron chi connectivity index (χ3n) is 6.34. The maximum atomic E-state index is 13.9. The third-order valence-corrected chi connectivity index (χ3v) is 7.17. The second kappa shape index (κ2) is 10.9. The first-order chi connectivity index (χ1) is 18.3. The maximum absolute atomic E-state index is 13.9. The third kappa shape index (κ3) is 5.85. The molecule has 0 radical (unpaired) electrons. The molecule has 0 saturated carbocycles. The highest BCUT2D eigenvalue weighted by Crippen LogP contribution is 2.34. The minimum atomic E-state index is -4.57. The van der Waals surface area contributed by atoms with Crippen molar-refractivity contribution in [3.63, 3.8) is 0 Å². The lowest BCUT2D eigenvalue weighted by Gasteiger charge is -2.34. The molecule has 1 N–H and O–H groups in total. The molecule has 4 aromatic rings. The Morgan fingerprint density at radius 2 is 1.87 bits per heavy atom. The van der Waals surface area contributed by atoms with Crippen molar-refractivity contribution in [3.8, 4) is 11.8 Å². The molecule has 0 bridgehead atoms. The van der Waals surface area contributed by atoms with E-state index in [0.29, 0.717) is 29.3 Å². The number of fused-ring (bicyclic) bond motifs is 1. The van der Waals surface area contributed by atoms with Crippen LogP contribution in [-0.2, 0) is 12.7 Å². The summed E-state index contributed by atoms with van der Waals surface area (Å²) >= 11 is 1.13. The van der Waals surface area contributed by atoms with E-state index in [1.165, 1.54) is 18.3 Å². The number of halogens is 3. The highest BCUT2D eigenvalue weighted by atomic mass is 32.1. The van der Waals surface area contributed by atoms with Crippen LogP contribution in [-0.4, -0.2) is 67.8 Å². The van der Waals surface area contributed by atoms with Crippen LogP contribution < -0.4 is 5.32 Å². The Balaban J connectivity index is 1.28. The Morgan fingerprint density at radius 3 is 2.63 bits per heavy atom. The van der Waals surface area contributed by atoms with Crippen molar-refractivity contribution in [3.05, 3.63) is 76.4 Å². The zero-order chi connectivity index (χ0) is 26.7. The molecule has 1 aromatic carbocycles. The van der Waals surface area contributed by atoms with Gasteiger partial charge in [0.1, 0.15) is 5.69 Å². The summed E-state index contributed by atoms with van der Waals surface area (Å²) in [5.41, 5.74) is 0.607. The second-order valence-corrected chi connectivity index (χ2v) is 9.79. The van der Waals surface area contributed by atoms with E-state index in [2.05, 4.69) is 43.9 Å². The molecule has 3 aromatic heterocycles. The van der Waals surface area contributed by atoms with E-state index in [4.69, 9.17) is 0 Å². The summed E-state index contributed by atoms with van der Waals surface area (Å²) < 4.78 is 43.5. The van der Waals surface area contributed by atoms with Crippen LogP contribution in [0.3, 0.4) is 0 Å². The summed E-state index contributed by atoms with van der Waals surface area (Å²) in [4.78, 5) is 30.0. The zero-order valence-corrected chi connectivity index (χ0v) is 21.3. The smallest absolute Gasteiger partial charge is 0.301 e. The summed E-state index contributed by atoms with van der Waals surface area (Å²) in [5, 5.41) is 2.83. The SMILES string of the molecule is CCN1CCN(Cc2ccc(C(=O)Nc3ncc(C#Cc4cnc5cnccn45)s3)cc2C(F)(F)F)CC1. The van der Waals surface area contributed by atoms with Crippen molar-refractivity contribution in [1.29, 1.82) is 0 Å². The van der Waals surface area contributed by atoms with Crippen LogP contribution in [0.2, 0.25) is 0 Å². The largest absolute Gasteiger partial charge is 0.416 e. The lowest BCUT2D eigenvalue weighted by molar-refractivity contribution is -0.138. The van der Waals surface area contributed by atoms with Crippen LogP contribution in [0, 0.1) is 11.8 Å². The zero-order valence-electron chi connectivity index (χ0n) is 20.5. The van der Waals surface area contributed by atoms with Crippen LogP contribution in [0.25, 0.3) is 5.65 Å². The molecular formula is C26H24F3N7OS. The minimum Gasteiger partial charge on any atom is -0.301 e. The summed E-state index contributed by atoms with van der Waals surface area (Å²) in [7, 11) is 0. The van der Waals surface area contributed by atoms with Gasteiger partial charge in [-0.3, -0.25) is 24.4 Å². The van der Waals surface area contributed by atoms with Crippen LogP contribution in [0.5, 0.6) is 0 Å². The monoisotopic (exact) mass is 539 g/mol. The molecule has 0 unspecified atom stereocenters. The molecule has 0 atom stereocenters. The van der Waals surface area contributed by atoms with Gasteiger partial charge >= 0.3 is 6.18 Å². The molecule has 1 aliphatic rings. The van der Waals surface area contributed by atoms with Crippen LogP contribution in [0.4, 0.5) is 18.3 Å². The number of nitrogens with one attached hydrogen (secondary N) is 1. The number of carbonyl (C=O) groups is 1. The molecule has 4 heterocycles. The number of thiazole rings is 1. The van der Waals surface area contributed by atoms with E-state index in [1.54, 1.807) is 29.2 Å². The Hall–Kier alpha value is -3.79. The van der Waals surface area contributed by atoms with Crippen LogP contribution in [0.15, 0.2) is 49.2 Å². The number of aromatic nitrogens is 4. The van der Waals surface area contributed by atoms with Gasteiger partial charge in [0.05, 0.1) is 29.0 Å². The van der Waals surface area contributed by atoms with Crippen LogP contribution in [0.1, 0.15) is 39.0 Å². The second-order valence-electron chi connectivity index (χ2n) is 8.76. The Labute approximate surface area is 221 Å². The Bertz CT molecular complexity index is 1510. The molecule has 1 aliphatic heterocycles. The molecule has 5 rings (SSSR count). The highest BCUT2D eigenvalue weighted by molar-refractivity contribution is 7.16.